The SMILES string of the molecule is CC1(C)OB(C(=Cc2ccc(Cl)cc2C(F)(F)F)CN)OC1(C)C. The maximum absolute atomic E-state index is 13.2. The quantitative estimate of drug-likeness (QED) is 0.815. The molecule has 1 aromatic carbocycles. The van der Waals surface area contributed by atoms with E-state index in [0.29, 0.717) is 5.47 Å². The highest BCUT2D eigenvalue weighted by atomic mass is 35.5. The van der Waals surface area contributed by atoms with Gasteiger partial charge in [-0.1, -0.05) is 23.7 Å². The van der Waals surface area contributed by atoms with Crippen LogP contribution in [0.25, 0.3) is 6.08 Å². The lowest BCUT2D eigenvalue weighted by Crippen LogP contribution is -2.41. The van der Waals surface area contributed by atoms with Crippen molar-refractivity contribution in [3.05, 3.63) is 39.8 Å². The predicted octanol–water partition coefficient (Wildman–Crippen LogP) is 4.33. The van der Waals surface area contributed by atoms with E-state index in [9.17, 15) is 13.2 Å². The average Bonchev–Trinajstić information content (AvgIpc) is 2.64. The second-order valence-electron chi connectivity index (χ2n) is 6.74. The Bertz CT molecular complexity index is 643. The Hall–Kier alpha value is -1.02. The summed E-state index contributed by atoms with van der Waals surface area (Å²) in [5, 5.41) is 0.0180. The zero-order valence-corrected chi connectivity index (χ0v) is 14.8. The monoisotopic (exact) mass is 361 g/mol. The van der Waals surface area contributed by atoms with Gasteiger partial charge in [0, 0.05) is 11.6 Å². The second kappa shape index (κ2) is 6.37. The number of hydrogen-bond acceptors (Lipinski definition) is 3. The van der Waals surface area contributed by atoms with Crippen molar-refractivity contribution >= 4 is 24.8 Å². The molecule has 2 N–H and O–H groups in total. The van der Waals surface area contributed by atoms with E-state index in [4.69, 9.17) is 26.6 Å². The summed E-state index contributed by atoms with van der Waals surface area (Å²) in [4.78, 5) is 0. The lowest BCUT2D eigenvalue weighted by Gasteiger charge is -2.32. The zero-order chi connectivity index (χ0) is 18.3. The molecule has 0 saturated carbocycles. The third-order valence-corrected chi connectivity index (χ3v) is 4.69. The van der Waals surface area contributed by atoms with Crippen LogP contribution in [-0.2, 0) is 15.5 Å². The summed E-state index contributed by atoms with van der Waals surface area (Å²) in [6.07, 6.45) is -3.16. The number of benzene rings is 1. The molecule has 0 unspecified atom stereocenters. The molecule has 0 spiro atoms. The summed E-state index contributed by atoms with van der Waals surface area (Å²) >= 11 is 5.70. The lowest BCUT2D eigenvalue weighted by molar-refractivity contribution is -0.137. The van der Waals surface area contributed by atoms with Crippen molar-refractivity contribution in [2.75, 3.05) is 6.54 Å². The second-order valence-corrected chi connectivity index (χ2v) is 7.18. The first-order valence-electron chi connectivity index (χ1n) is 7.50. The first-order valence-corrected chi connectivity index (χ1v) is 7.88. The van der Waals surface area contributed by atoms with Crippen molar-refractivity contribution in [1.29, 1.82) is 0 Å². The molecule has 8 heteroatoms. The molecule has 1 saturated heterocycles. The van der Waals surface area contributed by atoms with Gasteiger partial charge in [-0.2, -0.15) is 13.2 Å². The van der Waals surface area contributed by atoms with Gasteiger partial charge in [0.15, 0.2) is 0 Å². The Kier molecular flexibility index (Phi) is 5.13. The molecule has 1 fully saturated rings. The fraction of sp³-hybridized carbons (Fsp3) is 0.500. The summed E-state index contributed by atoms with van der Waals surface area (Å²) in [6.45, 7) is 7.47. The van der Waals surface area contributed by atoms with Crippen LogP contribution in [0.1, 0.15) is 38.8 Å². The minimum atomic E-state index is -4.52. The van der Waals surface area contributed by atoms with Gasteiger partial charge in [-0.05, 0) is 50.9 Å². The standard InChI is InChI=1S/C16H20BClF3NO2/c1-14(2)15(3,4)24-17(23-14)11(9-22)7-10-5-6-12(18)8-13(10)16(19,20)21/h5-8H,9,22H2,1-4H3. The topological polar surface area (TPSA) is 44.5 Å². The molecule has 2 rings (SSSR count). The molecule has 3 nitrogen and oxygen atoms in total. The van der Waals surface area contributed by atoms with Gasteiger partial charge >= 0.3 is 13.3 Å². The average molecular weight is 362 g/mol. The molecule has 1 aromatic rings. The molecule has 24 heavy (non-hydrogen) atoms. The van der Waals surface area contributed by atoms with E-state index in [-0.39, 0.29) is 17.1 Å². The minimum Gasteiger partial charge on any atom is -0.400 e. The lowest BCUT2D eigenvalue weighted by atomic mass is 9.77. The first-order chi connectivity index (χ1) is 10.9. The summed E-state index contributed by atoms with van der Waals surface area (Å²) in [5.41, 5.74) is 4.12. The minimum absolute atomic E-state index is 0.0107. The van der Waals surface area contributed by atoms with Crippen molar-refractivity contribution in [1.82, 2.24) is 0 Å². The molecule has 0 aromatic heterocycles. The molecule has 0 aliphatic carbocycles. The van der Waals surface area contributed by atoms with Crippen LogP contribution in [0.15, 0.2) is 23.7 Å². The van der Waals surface area contributed by atoms with Crippen molar-refractivity contribution in [3.8, 4) is 0 Å². The number of halogens is 4. The van der Waals surface area contributed by atoms with Gasteiger partial charge in [-0.3, -0.25) is 0 Å². The van der Waals surface area contributed by atoms with Crippen LogP contribution in [-0.4, -0.2) is 24.9 Å². The molecule has 0 amide bonds. The highest BCUT2D eigenvalue weighted by molar-refractivity contribution is 6.55. The molecule has 1 aliphatic rings. The number of hydrogen-bond donors (Lipinski definition) is 1. The van der Waals surface area contributed by atoms with Gasteiger partial charge in [-0.15, -0.1) is 0 Å². The van der Waals surface area contributed by atoms with E-state index in [2.05, 4.69) is 0 Å². The summed E-state index contributed by atoms with van der Waals surface area (Å²) < 4.78 is 51.4. The van der Waals surface area contributed by atoms with Crippen LogP contribution in [0.3, 0.4) is 0 Å². The van der Waals surface area contributed by atoms with Gasteiger partial charge in [-0.25, -0.2) is 0 Å². The van der Waals surface area contributed by atoms with Crippen LogP contribution >= 0.6 is 11.6 Å². The fourth-order valence-corrected chi connectivity index (χ4v) is 2.49. The number of nitrogens with two attached hydrogens (primary N) is 1. The van der Waals surface area contributed by atoms with Gasteiger partial charge < -0.3 is 15.0 Å². The highest BCUT2D eigenvalue weighted by Crippen LogP contribution is 2.39. The summed E-state index contributed by atoms with van der Waals surface area (Å²) in [7, 11) is -0.795. The molecule has 0 bridgehead atoms. The fourth-order valence-electron chi connectivity index (χ4n) is 2.32. The number of alkyl halides is 3. The van der Waals surface area contributed by atoms with Gasteiger partial charge in [0.1, 0.15) is 0 Å². The zero-order valence-electron chi connectivity index (χ0n) is 14.0. The van der Waals surface area contributed by atoms with Crippen molar-refractivity contribution in [3.63, 3.8) is 0 Å². The van der Waals surface area contributed by atoms with Crippen LogP contribution < -0.4 is 5.73 Å². The van der Waals surface area contributed by atoms with Gasteiger partial charge in [0.05, 0.1) is 16.8 Å². The maximum Gasteiger partial charge on any atom is 0.491 e. The molecular weight excluding hydrogens is 341 g/mol. The van der Waals surface area contributed by atoms with E-state index < -0.39 is 30.1 Å². The van der Waals surface area contributed by atoms with Crippen LogP contribution in [0.4, 0.5) is 13.2 Å². The molecule has 0 atom stereocenters. The van der Waals surface area contributed by atoms with Crippen LogP contribution in [0.2, 0.25) is 5.02 Å². The Balaban J connectivity index is 2.43. The predicted molar refractivity (Wildman–Crippen MR) is 89.6 cm³/mol. The molecule has 1 aliphatic heterocycles. The highest BCUT2D eigenvalue weighted by Gasteiger charge is 2.52. The molecule has 132 valence electrons. The largest absolute Gasteiger partial charge is 0.491 e. The first kappa shape index (κ1) is 19.3. The van der Waals surface area contributed by atoms with Crippen molar-refractivity contribution < 1.29 is 22.5 Å². The Morgan fingerprint density at radius 3 is 2.21 bits per heavy atom. The Morgan fingerprint density at radius 2 is 1.75 bits per heavy atom. The number of rotatable bonds is 3. The van der Waals surface area contributed by atoms with Crippen molar-refractivity contribution in [2.24, 2.45) is 5.73 Å². The van der Waals surface area contributed by atoms with Crippen molar-refractivity contribution in [2.45, 2.75) is 45.1 Å². The van der Waals surface area contributed by atoms with E-state index in [1.807, 2.05) is 27.7 Å². The van der Waals surface area contributed by atoms with E-state index in [1.165, 1.54) is 18.2 Å². The maximum atomic E-state index is 13.2. The van der Waals surface area contributed by atoms with Crippen LogP contribution in [0, 0.1) is 0 Å². The summed E-state index contributed by atoms with van der Waals surface area (Å²) in [6, 6.07) is 3.61. The van der Waals surface area contributed by atoms with E-state index in [1.54, 1.807) is 0 Å². The Morgan fingerprint density at radius 1 is 1.21 bits per heavy atom. The smallest absolute Gasteiger partial charge is 0.400 e. The van der Waals surface area contributed by atoms with E-state index >= 15 is 0 Å². The Labute approximate surface area is 145 Å². The molecule has 0 radical (unpaired) electrons. The van der Waals surface area contributed by atoms with E-state index in [0.717, 1.165) is 6.07 Å². The summed E-state index contributed by atoms with van der Waals surface area (Å²) in [5.74, 6) is 0. The van der Waals surface area contributed by atoms with Gasteiger partial charge in [0.2, 0.25) is 0 Å². The molecule has 1 heterocycles. The van der Waals surface area contributed by atoms with Crippen LogP contribution in [0.5, 0.6) is 0 Å². The molecular formula is C16H20BClF3NO2. The normalized spacial score (nSPS) is 20.5. The third-order valence-electron chi connectivity index (χ3n) is 4.45. The third kappa shape index (κ3) is 3.80. The van der Waals surface area contributed by atoms with Gasteiger partial charge in [0.25, 0.3) is 0 Å².